The van der Waals surface area contributed by atoms with E-state index in [9.17, 15) is 4.79 Å². The van der Waals surface area contributed by atoms with Crippen molar-refractivity contribution in [3.8, 4) is 39.9 Å². The molecule has 3 aromatic rings. The highest BCUT2D eigenvalue weighted by molar-refractivity contribution is 6.15. The molecule has 7 nitrogen and oxygen atoms in total. The van der Waals surface area contributed by atoms with Crippen LogP contribution in [0.5, 0.6) is 28.7 Å². The van der Waals surface area contributed by atoms with E-state index in [1.165, 1.54) is 6.42 Å². The van der Waals surface area contributed by atoms with Gasteiger partial charge in [0.2, 0.25) is 13.6 Å². The molecule has 3 aromatic carbocycles. The zero-order chi connectivity index (χ0) is 22.4. The number of amides is 1. The van der Waals surface area contributed by atoms with Gasteiger partial charge in [-0.15, -0.1) is 0 Å². The van der Waals surface area contributed by atoms with Crippen molar-refractivity contribution in [1.82, 2.24) is 5.32 Å². The summed E-state index contributed by atoms with van der Waals surface area (Å²) >= 11 is 0. The average Bonchev–Trinajstić information content (AvgIpc) is 3.57. The summed E-state index contributed by atoms with van der Waals surface area (Å²) in [6.07, 6.45) is 4.38. The Morgan fingerprint density at radius 1 is 0.909 bits per heavy atom. The molecule has 0 atom stereocenters. The first-order valence-electron chi connectivity index (χ1n) is 11.5. The van der Waals surface area contributed by atoms with Crippen LogP contribution in [-0.2, 0) is 6.54 Å². The van der Waals surface area contributed by atoms with Gasteiger partial charge in [0.25, 0.3) is 5.91 Å². The van der Waals surface area contributed by atoms with Gasteiger partial charge in [-0.3, -0.25) is 4.79 Å². The molecule has 0 radical (unpaired) electrons. The van der Waals surface area contributed by atoms with Crippen LogP contribution in [0, 0.1) is 0 Å². The lowest BCUT2D eigenvalue weighted by molar-refractivity contribution is 0.0962. The quantitative estimate of drug-likeness (QED) is 0.504. The lowest BCUT2D eigenvalue weighted by Crippen LogP contribution is -2.13. The van der Waals surface area contributed by atoms with E-state index in [2.05, 4.69) is 12.2 Å². The van der Waals surface area contributed by atoms with Crippen LogP contribution in [0.15, 0.2) is 30.3 Å². The molecule has 0 unspecified atom stereocenters. The van der Waals surface area contributed by atoms with Gasteiger partial charge in [0, 0.05) is 17.3 Å². The van der Waals surface area contributed by atoms with Gasteiger partial charge in [0.05, 0.1) is 12.2 Å². The normalized spacial score (nSPS) is 15.1. The van der Waals surface area contributed by atoms with Gasteiger partial charge >= 0.3 is 0 Å². The summed E-state index contributed by atoms with van der Waals surface area (Å²) in [7, 11) is 0. The minimum Gasteiger partial charge on any atom is -0.492 e. The summed E-state index contributed by atoms with van der Waals surface area (Å²) in [6, 6.07) is 9.70. The Morgan fingerprint density at radius 2 is 1.73 bits per heavy atom. The van der Waals surface area contributed by atoms with Gasteiger partial charge in [0.15, 0.2) is 23.0 Å². The number of benzene rings is 3. The van der Waals surface area contributed by atoms with E-state index in [4.69, 9.17) is 23.7 Å². The third-order valence-electron chi connectivity index (χ3n) is 6.42. The molecule has 1 N–H and O–H groups in total. The van der Waals surface area contributed by atoms with Crippen molar-refractivity contribution in [2.75, 3.05) is 20.2 Å². The van der Waals surface area contributed by atoms with Gasteiger partial charge in [0.1, 0.15) is 5.75 Å². The van der Waals surface area contributed by atoms with E-state index < -0.39 is 0 Å². The molecule has 7 heteroatoms. The average molecular weight is 447 g/mol. The summed E-state index contributed by atoms with van der Waals surface area (Å²) in [4.78, 5) is 13.0. The summed E-state index contributed by atoms with van der Waals surface area (Å²) in [5.74, 6) is 3.27. The number of carbonyl (C=O) groups is 1. The molecular weight excluding hydrogens is 422 g/mol. The zero-order valence-electron chi connectivity index (χ0n) is 18.5. The number of nitrogens with one attached hydrogen (secondary N) is 1. The largest absolute Gasteiger partial charge is 0.492 e. The topological polar surface area (TPSA) is 75.2 Å². The Morgan fingerprint density at radius 3 is 2.64 bits per heavy atom. The first-order chi connectivity index (χ1) is 16.3. The molecule has 6 rings (SSSR count). The number of rotatable bonds is 7. The highest BCUT2D eigenvalue weighted by Gasteiger charge is 2.33. The Hall–Kier alpha value is -3.61. The van der Waals surface area contributed by atoms with Crippen LogP contribution in [0.3, 0.4) is 0 Å². The molecule has 0 fully saturated rings. The molecule has 0 bridgehead atoms. The van der Waals surface area contributed by atoms with Crippen molar-refractivity contribution >= 4 is 16.7 Å². The van der Waals surface area contributed by atoms with E-state index in [0.717, 1.165) is 46.7 Å². The van der Waals surface area contributed by atoms with Crippen molar-refractivity contribution in [1.29, 1.82) is 0 Å². The number of hydrogen-bond donors (Lipinski definition) is 1. The Labute approximate surface area is 191 Å². The summed E-state index contributed by atoms with van der Waals surface area (Å²) < 4.78 is 29.0. The first-order valence-corrected chi connectivity index (χ1v) is 11.5. The summed E-state index contributed by atoms with van der Waals surface area (Å²) in [6.45, 7) is 3.53. The second-order valence-electron chi connectivity index (χ2n) is 8.44. The zero-order valence-corrected chi connectivity index (χ0v) is 18.5. The third-order valence-corrected chi connectivity index (χ3v) is 6.42. The molecule has 0 spiro atoms. The number of fused-ring (bicyclic) bond motifs is 5. The predicted molar refractivity (Wildman–Crippen MR) is 122 cm³/mol. The van der Waals surface area contributed by atoms with E-state index in [1.807, 2.05) is 30.3 Å². The van der Waals surface area contributed by atoms with Crippen molar-refractivity contribution in [3.05, 3.63) is 41.5 Å². The van der Waals surface area contributed by atoms with E-state index >= 15 is 0 Å². The highest BCUT2D eigenvalue weighted by Crippen LogP contribution is 2.51. The van der Waals surface area contributed by atoms with Crippen molar-refractivity contribution in [2.45, 2.75) is 39.2 Å². The van der Waals surface area contributed by atoms with Crippen LogP contribution in [0.4, 0.5) is 0 Å². The molecule has 3 aliphatic rings. The van der Waals surface area contributed by atoms with Crippen LogP contribution >= 0.6 is 0 Å². The smallest absolute Gasteiger partial charge is 0.255 e. The molecule has 0 saturated carbocycles. The van der Waals surface area contributed by atoms with Gasteiger partial charge < -0.3 is 29.0 Å². The number of unbranched alkanes of at least 4 members (excludes halogenated alkanes) is 3. The molecule has 3 heterocycles. The predicted octanol–water partition coefficient (Wildman–Crippen LogP) is 5.17. The van der Waals surface area contributed by atoms with Crippen LogP contribution in [-0.4, -0.2) is 26.1 Å². The summed E-state index contributed by atoms with van der Waals surface area (Å²) in [5, 5.41) is 4.73. The summed E-state index contributed by atoms with van der Waals surface area (Å²) in [5.41, 5.74) is 3.36. The lowest BCUT2D eigenvalue weighted by Gasteiger charge is -2.19. The molecule has 33 heavy (non-hydrogen) atoms. The van der Waals surface area contributed by atoms with Crippen LogP contribution in [0.25, 0.3) is 21.9 Å². The van der Waals surface area contributed by atoms with Crippen LogP contribution in [0.2, 0.25) is 0 Å². The van der Waals surface area contributed by atoms with Crippen LogP contribution < -0.4 is 29.0 Å². The second-order valence-corrected chi connectivity index (χ2v) is 8.44. The fraction of sp³-hybridized carbons (Fsp3) is 0.346. The monoisotopic (exact) mass is 447 g/mol. The fourth-order valence-corrected chi connectivity index (χ4v) is 4.85. The maximum absolute atomic E-state index is 13.0. The minimum atomic E-state index is -0.116. The van der Waals surface area contributed by atoms with Gasteiger partial charge in [-0.2, -0.15) is 0 Å². The van der Waals surface area contributed by atoms with Gasteiger partial charge in [-0.05, 0) is 47.4 Å². The molecule has 1 amide bonds. The first kappa shape index (κ1) is 20.0. The second kappa shape index (κ2) is 8.06. The SMILES string of the molecule is CCCCCCOc1c2c(c(-c3ccc4c(c3)OCO4)c3c4c(ccc13)OCO4)CNC2=O. The Bertz CT molecular complexity index is 1270. The Balaban J connectivity index is 1.57. The van der Waals surface area contributed by atoms with Crippen molar-refractivity contribution in [3.63, 3.8) is 0 Å². The molecule has 0 aromatic heterocycles. The van der Waals surface area contributed by atoms with Crippen molar-refractivity contribution < 1.29 is 28.5 Å². The van der Waals surface area contributed by atoms with E-state index in [0.29, 0.717) is 47.5 Å². The standard InChI is InChI=1S/C26H25NO6/c1-2-3-4-5-10-29-24-16-7-9-19-25(33-14-31-19)22(16)21(17-12-27-26(28)23(17)24)15-6-8-18-20(11-15)32-13-30-18/h6-9,11H,2-5,10,12-14H2,1H3,(H,27,28). The maximum atomic E-state index is 13.0. The fourth-order valence-electron chi connectivity index (χ4n) is 4.85. The molecular formula is C26H25NO6. The van der Waals surface area contributed by atoms with E-state index in [-0.39, 0.29) is 19.5 Å². The minimum absolute atomic E-state index is 0.116. The maximum Gasteiger partial charge on any atom is 0.255 e. The molecule has 0 saturated heterocycles. The Kier molecular flexibility index (Phi) is 4.89. The van der Waals surface area contributed by atoms with Gasteiger partial charge in [-0.25, -0.2) is 0 Å². The molecule has 3 aliphatic heterocycles. The highest BCUT2D eigenvalue weighted by atomic mass is 16.7. The number of ether oxygens (including phenoxy) is 5. The van der Waals surface area contributed by atoms with Gasteiger partial charge in [-0.1, -0.05) is 32.3 Å². The molecule has 170 valence electrons. The van der Waals surface area contributed by atoms with Crippen molar-refractivity contribution in [2.24, 2.45) is 0 Å². The third kappa shape index (κ3) is 3.22. The number of hydrogen-bond acceptors (Lipinski definition) is 6. The number of carbonyl (C=O) groups excluding carboxylic acids is 1. The lowest BCUT2D eigenvalue weighted by atomic mass is 9.89. The van der Waals surface area contributed by atoms with Crippen LogP contribution in [0.1, 0.15) is 48.5 Å². The van der Waals surface area contributed by atoms with E-state index in [1.54, 1.807) is 0 Å². The molecule has 0 aliphatic carbocycles.